The molecule has 0 bridgehead atoms. The van der Waals surface area contributed by atoms with Crippen LogP contribution in [0, 0.1) is 13.8 Å². The van der Waals surface area contributed by atoms with Gasteiger partial charge in [0.1, 0.15) is 5.76 Å². The molecule has 1 aromatic rings. The lowest BCUT2D eigenvalue weighted by Crippen LogP contribution is -2.31. The van der Waals surface area contributed by atoms with Crippen LogP contribution < -0.4 is 10.6 Å². The van der Waals surface area contributed by atoms with Crippen LogP contribution in [0.15, 0.2) is 4.42 Å². The average Bonchev–Trinajstić information content (AvgIpc) is 2.76. The number of rotatable bonds is 3. The Morgan fingerprint density at radius 2 is 2.33 bits per heavy atom. The number of aromatic nitrogens is 1. The second-order valence-corrected chi connectivity index (χ2v) is 4.20. The van der Waals surface area contributed by atoms with E-state index in [-0.39, 0.29) is 0 Å². The van der Waals surface area contributed by atoms with Gasteiger partial charge in [0.15, 0.2) is 0 Å². The summed E-state index contributed by atoms with van der Waals surface area (Å²) >= 11 is 0. The highest BCUT2D eigenvalue weighted by molar-refractivity contribution is 5.32. The summed E-state index contributed by atoms with van der Waals surface area (Å²) < 4.78 is 5.65. The molecule has 15 heavy (non-hydrogen) atoms. The summed E-state index contributed by atoms with van der Waals surface area (Å²) in [7, 11) is 0. The zero-order valence-electron chi connectivity index (χ0n) is 9.49. The minimum atomic E-state index is 0.521. The fraction of sp³-hybridized carbons (Fsp3) is 0.727. The molecular weight excluding hydrogens is 190 g/mol. The Labute approximate surface area is 90.5 Å². The van der Waals surface area contributed by atoms with Crippen molar-refractivity contribution in [1.29, 1.82) is 0 Å². The molecule has 4 heteroatoms. The van der Waals surface area contributed by atoms with Crippen molar-refractivity contribution >= 4 is 6.01 Å². The molecule has 1 atom stereocenters. The van der Waals surface area contributed by atoms with E-state index in [0.717, 1.165) is 37.0 Å². The van der Waals surface area contributed by atoms with Crippen LogP contribution in [0.25, 0.3) is 0 Å². The normalized spacial score (nSPS) is 21.3. The SMILES string of the molecule is Cc1nc(N2CCCC2CCN)oc1C. The third-order valence-electron chi connectivity index (χ3n) is 3.14. The standard InChI is InChI=1S/C11H19N3O/c1-8-9(2)15-11(13-8)14-7-3-4-10(14)5-6-12/h10H,3-7,12H2,1-2H3. The molecule has 0 radical (unpaired) electrons. The van der Waals surface area contributed by atoms with Gasteiger partial charge in [-0.15, -0.1) is 0 Å². The van der Waals surface area contributed by atoms with Gasteiger partial charge >= 0.3 is 0 Å². The van der Waals surface area contributed by atoms with Crippen LogP contribution in [0.1, 0.15) is 30.7 Å². The van der Waals surface area contributed by atoms with Gasteiger partial charge in [0.05, 0.1) is 5.69 Å². The Balaban J connectivity index is 2.15. The molecule has 1 unspecified atom stereocenters. The quantitative estimate of drug-likeness (QED) is 0.821. The van der Waals surface area contributed by atoms with Gasteiger partial charge in [0.2, 0.25) is 0 Å². The molecule has 0 amide bonds. The molecule has 0 aromatic carbocycles. The molecule has 0 aliphatic carbocycles. The molecule has 2 N–H and O–H groups in total. The topological polar surface area (TPSA) is 55.3 Å². The highest BCUT2D eigenvalue weighted by Gasteiger charge is 2.27. The van der Waals surface area contributed by atoms with Gasteiger partial charge in [-0.05, 0) is 39.7 Å². The van der Waals surface area contributed by atoms with E-state index in [1.54, 1.807) is 0 Å². The van der Waals surface area contributed by atoms with Gasteiger partial charge in [-0.2, -0.15) is 4.98 Å². The molecule has 2 heterocycles. The van der Waals surface area contributed by atoms with E-state index < -0.39 is 0 Å². The minimum Gasteiger partial charge on any atom is -0.429 e. The van der Waals surface area contributed by atoms with Gasteiger partial charge in [0, 0.05) is 12.6 Å². The van der Waals surface area contributed by atoms with Gasteiger partial charge in [-0.3, -0.25) is 0 Å². The summed E-state index contributed by atoms with van der Waals surface area (Å²) in [5.41, 5.74) is 6.60. The van der Waals surface area contributed by atoms with Gasteiger partial charge in [-0.25, -0.2) is 0 Å². The van der Waals surface area contributed by atoms with Crippen LogP contribution in [0.4, 0.5) is 6.01 Å². The van der Waals surface area contributed by atoms with Crippen LogP contribution in [0.2, 0.25) is 0 Å². The van der Waals surface area contributed by atoms with E-state index in [1.165, 1.54) is 12.8 Å². The lowest BCUT2D eigenvalue weighted by molar-refractivity contribution is 0.492. The maximum absolute atomic E-state index is 5.65. The number of nitrogens with zero attached hydrogens (tertiary/aromatic N) is 2. The smallest absolute Gasteiger partial charge is 0.297 e. The Morgan fingerprint density at radius 1 is 1.53 bits per heavy atom. The highest BCUT2D eigenvalue weighted by Crippen LogP contribution is 2.27. The molecule has 1 aromatic heterocycles. The summed E-state index contributed by atoms with van der Waals surface area (Å²) in [6.07, 6.45) is 3.45. The van der Waals surface area contributed by atoms with Crippen LogP contribution >= 0.6 is 0 Å². The Morgan fingerprint density at radius 3 is 2.93 bits per heavy atom. The summed E-state index contributed by atoms with van der Waals surface area (Å²) in [4.78, 5) is 6.70. The predicted octanol–water partition coefficient (Wildman–Crippen LogP) is 1.61. The van der Waals surface area contributed by atoms with Crippen molar-refractivity contribution in [3.63, 3.8) is 0 Å². The van der Waals surface area contributed by atoms with E-state index in [0.29, 0.717) is 6.04 Å². The number of hydrogen-bond acceptors (Lipinski definition) is 4. The third kappa shape index (κ3) is 2.00. The van der Waals surface area contributed by atoms with E-state index in [4.69, 9.17) is 10.2 Å². The van der Waals surface area contributed by atoms with E-state index >= 15 is 0 Å². The monoisotopic (exact) mass is 209 g/mol. The molecule has 0 spiro atoms. The molecule has 1 aliphatic heterocycles. The second-order valence-electron chi connectivity index (χ2n) is 4.20. The third-order valence-corrected chi connectivity index (χ3v) is 3.14. The maximum Gasteiger partial charge on any atom is 0.297 e. The summed E-state index contributed by atoms with van der Waals surface area (Å²) in [6, 6.07) is 1.30. The lowest BCUT2D eigenvalue weighted by Gasteiger charge is -2.21. The zero-order valence-corrected chi connectivity index (χ0v) is 9.49. The molecule has 4 nitrogen and oxygen atoms in total. The number of oxazole rings is 1. The van der Waals surface area contributed by atoms with Gasteiger partial charge in [0.25, 0.3) is 6.01 Å². The van der Waals surface area contributed by atoms with Crippen LogP contribution in [0.5, 0.6) is 0 Å². The molecule has 0 saturated carbocycles. The van der Waals surface area contributed by atoms with Crippen molar-refractivity contribution in [2.75, 3.05) is 18.0 Å². The second kappa shape index (κ2) is 4.23. The molecule has 2 rings (SSSR count). The zero-order chi connectivity index (χ0) is 10.8. The molecule has 1 aliphatic rings. The first kappa shape index (κ1) is 10.5. The van der Waals surface area contributed by atoms with Crippen molar-refractivity contribution in [3.05, 3.63) is 11.5 Å². The highest BCUT2D eigenvalue weighted by atomic mass is 16.4. The van der Waals surface area contributed by atoms with E-state index in [1.807, 2.05) is 13.8 Å². The fourth-order valence-corrected chi connectivity index (χ4v) is 2.16. The number of anilines is 1. The van der Waals surface area contributed by atoms with Crippen molar-refractivity contribution in [2.24, 2.45) is 5.73 Å². The van der Waals surface area contributed by atoms with Crippen LogP contribution in [-0.4, -0.2) is 24.1 Å². The van der Waals surface area contributed by atoms with E-state index in [9.17, 15) is 0 Å². The largest absolute Gasteiger partial charge is 0.429 e. The summed E-state index contributed by atoms with van der Waals surface area (Å²) in [6.45, 7) is 5.72. The minimum absolute atomic E-state index is 0.521. The van der Waals surface area contributed by atoms with Crippen molar-refractivity contribution < 1.29 is 4.42 Å². The lowest BCUT2D eigenvalue weighted by atomic mass is 10.1. The number of aryl methyl sites for hydroxylation is 2. The number of hydrogen-bond donors (Lipinski definition) is 1. The van der Waals surface area contributed by atoms with Crippen molar-refractivity contribution in [1.82, 2.24) is 4.98 Å². The molecule has 1 fully saturated rings. The van der Waals surface area contributed by atoms with Crippen LogP contribution in [-0.2, 0) is 0 Å². The summed E-state index contributed by atoms with van der Waals surface area (Å²) in [5.74, 6) is 0.920. The maximum atomic E-state index is 5.65. The predicted molar refractivity (Wildman–Crippen MR) is 60.0 cm³/mol. The molecular formula is C11H19N3O. The number of nitrogens with two attached hydrogens (primary N) is 1. The Kier molecular flexibility index (Phi) is 2.95. The molecule has 1 saturated heterocycles. The van der Waals surface area contributed by atoms with Crippen LogP contribution in [0.3, 0.4) is 0 Å². The van der Waals surface area contributed by atoms with Crippen molar-refractivity contribution in [3.8, 4) is 0 Å². The Bertz CT molecular complexity index is 315. The summed E-state index contributed by atoms with van der Waals surface area (Å²) in [5, 5.41) is 0. The Hall–Kier alpha value is -1.03. The fourth-order valence-electron chi connectivity index (χ4n) is 2.16. The van der Waals surface area contributed by atoms with Gasteiger partial charge in [-0.1, -0.05) is 0 Å². The first-order chi connectivity index (χ1) is 7.22. The van der Waals surface area contributed by atoms with Gasteiger partial charge < -0.3 is 15.1 Å². The van der Waals surface area contributed by atoms with E-state index in [2.05, 4.69) is 9.88 Å². The van der Waals surface area contributed by atoms with Crippen molar-refractivity contribution in [2.45, 2.75) is 39.2 Å². The first-order valence-electron chi connectivity index (χ1n) is 5.63. The average molecular weight is 209 g/mol. The molecule has 84 valence electrons. The first-order valence-corrected chi connectivity index (χ1v) is 5.63.